The molecule has 0 spiro atoms. The van der Waals surface area contributed by atoms with Gasteiger partial charge >= 0.3 is 0 Å². The van der Waals surface area contributed by atoms with E-state index >= 15 is 0 Å². The highest BCUT2D eigenvalue weighted by Crippen LogP contribution is 2.41. The number of fused-ring (bicyclic) bond motifs is 2. The second-order valence-electron chi connectivity index (χ2n) is 21.2. The number of hydrogen-bond donors (Lipinski definition) is 3. The van der Waals surface area contributed by atoms with Crippen molar-refractivity contribution < 1.29 is 29.1 Å². The molecule has 8 rings (SSSR count). The summed E-state index contributed by atoms with van der Waals surface area (Å²) in [7, 11) is 1.76. The van der Waals surface area contributed by atoms with Gasteiger partial charge in [-0.2, -0.15) is 0 Å². The zero-order valence-electron chi connectivity index (χ0n) is 44.1. The van der Waals surface area contributed by atoms with Crippen LogP contribution in [0.4, 0.5) is 17.2 Å². The monoisotopic (exact) mass is 1020 g/mol. The van der Waals surface area contributed by atoms with Gasteiger partial charge in [-0.1, -0.05) is 82.6 Å². The number of likely N-dealkylation sites (tertiary alicyclic amines) is 1. The van der Waals surface area contributed by atoms with E-state index in [1.807, 2.05) is 118 Å². The van der Waals surface area contributed by atoms with E-state index in [1.54, 1.807) is 29.5 Å². The molecule has 5 aromatic rings. The second kappa shape index (κ2) is 23.3. The SMILES string of the molecule is CCC(C)N1c2ccccc2C(=O)N(C)c2cnc(Cc3ccc(C(=O)N4CCN(CCCCCC(=O)N[C@H](C(=O)N5C[C@H](O)C[C@H]5C(=O)N[C@@H](C)c5ccc(-c6scnc6C)cc5)C(C)(C)C)CC4)cc3)nc21. The summed E-state index contributed by atoms with van der Waals surface area (Å²) in [5.74, 6) is 0.279. The highest BCUT2D eigenvalue weighted by Gasteiger charge is 2.45. The lowest BCUT2D eigenvalue weighted by Gasteiger charge is -2.35. The van der Waals surface area contributed by atoms with Gasteiger partial charge in [0.05, 0.1) is 45.7 Å². The maximum Gasteiger partial charge on any atom is 0.260 e. The van der Waals surface area contributed by atoms with E-state index in [2.05, 4.69) is 44.2 Å². The van der Waals surface area contributed by atoms with Crippen molar-refractivity contribution in [3.8, 4) is 10.4 Å². The number of β-amino-alcohol motifs (C(OH)–C–C–N with tert-alkyl or cyclic N) is 1. The predicted octanol–water partition coefficient (Wildman–Crippen LogP) is 7.71. The summed E-state index contributed by atoms with van der Waals surface area (Å²) in [6, 6.07) is 21.3. The number of amides is 5. The zero-order valence-corrected chi connectivity index (χ0v) is 45.0. The van der Waals surface area contributed by atoms with Crippen molar-refractivity contribution in [2.75, 3.05) is 56.1 Å². The van der Waals surface area contributed by atoms with Crippen molar-refractivity contribution in [2.24, 2.45) is 5.41 Å². The smallest absolute Gasteiger partial charge is 0.260 e. The van der Waals surface area contributed by atoms with Crippen molar-refractivity contribution in [2.45, 2.75) is 124 Å². The molecule has 3 aromatic carbocycles. The van der Waals surface area contributed by atoms with Crippen LogP contribution in [0.3, 0.4) is 0 Å². The number of aromatic nitrogens is 3. The van der Waals surface area contributed by atoms with Gasteiger partial charge in [-0.15, -0.1) is 11.3 Å². The molecular weight excluding hydrogens is 953 g/mol. The molecule has 74 heavy (non-hydrogen) atoms. The number of nitrogens with zero attached hydrogens (tertiary/aromatic N) is 8. The number of thiazole rings is 1. The van der Waals surface area contributed by atoms with Gasteiger partial charge in [-0.3, -0.25) is 28.9 Å². The number of piperazine rings is 1. The van der Waals surface area contributed by atoms with Crippen molar-refractivity contribution in [3.05, 3.63) is 118 Å². The van der Waals surface area contributed by atoms with Crippen LogP contribution in [0.15, 0.2) is 84.5 Å². The van der Waals surface area contributed by atoms with E-state index in [0.717, 1.165) is 71.8 Å². The quantitative estimate of drug-likeness (QED) is 0.0776. The van der Waals surface area contributed by atoms with E-state index in [-0.39, 0.29) is 61.0 Å². The largest absolute Gasteiger partial charge is 0.391 e. The Morgan fingerprint density at radius 2 is 1.59 bits per heavy atom. The maximum atomic E-state index is 14.2. The third-order valence-corrected chi connectivity index (χ3v) is 15.8. The van der Waals surface area contributed by atoms with Gasteiger partial charge in [-0.25, -0.2) is 15.0 Å². The number of hydrogen-bond acceptors (Lipinski definition) is 12. The molecule has 2 aromatic heterocycles. The number of aryl methyl sites for hydroxylation is 1. The molecule has 392 valence electrons. The number of carbonyl (C=O) groups excluding carboxylic acids is 5. The van der Waals surface area contributed by atoms with Gasteiger partial charge in [-0.05, 0) is 92.9 Å². The number of benzene rings is 3. The summed E-state index contributed by atoms with van der Waals surface area (Å²) in [4.78, 5) is 93.0. The fourth-order valence-electron chi connectivity index (χ4n) is 10.1. The van der Waals surface area contributed by atoms with Gasteiger partial charge in [0.25, 0.3) is 11.8 Å². The van der Waals surface area contributed by atoms with E-state index in [0.29, 0.717) is 54.4 Å². The molecule has 17 heteroatoms. The normalized spacial score (nSPS) is 18.3. The predicted molar refractivity (Wildman–Crippen MR) is 290 cm³/mol. The minimum atomic E-state index is -0.884. The first kappa shape index (κ1) is 53.7. The molecule has 0 radical (unpaired) electrons. The summed E-state index contributed by atoms with van der Waals surface area (Å²) in [5, 5.41) is 16.7. The Balaban J connectivity index is 0.766. The summed E-state index contributed by atoms with van der Waals surface area (Å²) in [5.41, 5.74) is 7.84. The highest BCUT2D eigenvalue weighted by molar-refractivity contribution is 7.13. The van der Waals surface area contributed by atoms with Crippen molar-refractivity contribution in [3.63, 3.8) is 0 Å². The first-order valence-corrected chi connectivity index (χ1v) is 27.0. The summed E-state index contributed by atoms with van der Waals surface area (Å²) in [6.07, 6.45) is 4.96. The van der Waals surface area contributed by atoms with Gasteiger partial charge in [0.15, 0.2) is 5.82 Å². The molecule has 5 atom stereocenters. The Morgan fingerprint density at radius 3 is 2.27 bits per heavy atom. The first-order chi connectivity index (χ1) is 35.4. The molecule has 0 bridgehead atoms. The van der Waals surface area contributed by atoms with Crippen LogP contribution in [0.2, 0.25) is 0 Å². The number of nitrogens with one attached hydrogen (secondary N) is 2. The molecule has 2 saturated heterocycles. The Hall–Kier alpha value is -6.56. The Kier molecular flexibility index (Phi) is 16.9. The van der Waals surface area contributed by atoms with Crippen LogP contribution >= 0.6 is 11.3 Å². The van der Waals surface area contributed by atoms with Crippen LogP contribution < -0.4 is 20.4 Å². The number of unbranched alkanes of at least 4 members (excludes halogenated alkanes) is 2. The average molecular weight is 1030 g/mol. The minimum Gasteiger partial charge on any atom is -0.391 e. The number of aliphatic hydroxyl groups excluding tert-OH is 1. The lowest BCUT2D eigenvalue weighted by molar-refractivity contribution is -0.144. The molecule has 0 aliphatic carbocycles. The van der Waals surface area contributed by atoms with Crippen LogP contribution in [0.5, 0.6) is 0 Å². The van der Waals surface area contributed by atoms with Crippen LogP contribution in [-0.2, 0) is 20.8 Å². The standard InChI is InChI=1S/C57H72N10O6S/c1-9-36(2)67-45-16-13-12-15-44(45)55(72)63(8)47-33-58-48(61-52(47)67)31-39-18-20-42(21-19-39)54(71)65-29-27-64(28-30-65)26-14-10-11-17-49(69)62-51(57(5,6)7)56(73)66-34-43(68)32-46(66)53(70)60-37(3)40-22-24-41(25-23-40)50-38(4)59-35-74-50/h12-13,15-16,18-25,33,35-37,43,46,51,68H,9-11,14,17,26-32,34H2,1-8H3,(H,60,70)(H,62,69)/t36?,37-,43+,46-,51+/m0/s1. The molecule has 5 heterocycles. The third kappa shape index (κ3) is 12.2. The Morgan fingerprint density at radius 1 is 0.878 bits per heavy atom. The lowest BCUT2D eigenvalue weighted by atomic mass is 9.85. The average Bonchev–Trinajstić information content (AvgIpc) is 4.00. The van der Waals surface area contributed by atoms with Crippen molar-refractivity contribution >= 4 is 58.1 Å². The number of carbonyl (C=O) groups is 5. The van der Waals surface area contributed by atoms with Crippen molar-refractivity contribution in [1.29, 1.82) is 0 Å². The molecular formula is C57H72N10O6S. The summed E-state index contributed by atoms with van der Waals surface area (Å²) in [6.45, 7) is 17.4. The molecule has 3 N–H and O–H groups in total. The molecule has 5 amide bonds. The third-order valence-electron chi connectivity index (χ3n) is 14.8. The number of aliphatic hydroxyl groups is 1. The van der Waals surface area contributed by atoms with Crippen molar-refractivity contribution in [1.82, 2.24) is 40.3 Å². The van der Waals surface area contributed by atoms with Crippen LogP contribution in [0.25, 0.3) is 10.4 Å². The first-order valence-electron chi connectivity index (χ1n) is 26.1. The van der Waals surface area contributed by atoms with E-state index < -0.39 is 23.6 Å². The van der Waals surface area contributed by atoms with Gasteiger partial charge in [0.1, 0.15) is 23.6 Å². The van der Waals surface area contributed by atoms with Gasteiger partial charge in [0, 0.05) is 70.6 Å². The molecule has 16 nitrogen and oxygen atoms in total. The van der Waals surface area contributed by atoms with Gasteiger partial charge < -0.3 is 35.3 Å². The maximum absolute atomic E-state index is 14.2. The molecule has 0 saturated carbocycles. The van der Waals surface area contributed by atoms with E-state index in [4.69, 9.17) is 4.98 Å². The fourth-order valence-corrected chi connectivity index (χ4v) is 11.0. The fraction of sp³-hybridized carbons (Fsp3) is 0.474. The molecule has 3 aliphatic heterocycles. The number of para-hydroxylation sites is 1. The Bertz CT molecular complexity index is 2800. The summed E-state index contributed by atoms with van der Waals surface area (Å²) < 4.78 is 0. The zero-order chi connectivity index (χ0) is 52.8. The topological polar surface area (TPSA) is 185 Å². The molecule has 3 aliphatic rings. The van der Waals surface area contributed by atoms with Crippen LogP contribution in [0.1, 0.15) is 129 Å². The minimum absolute atomic E-state index is 0.000603. The van der Waals surface area contributed by atoms with Crippen LogP contribution in [-0.4, -0.2) is 135 Å². The number of rotatable bonds is 17. The summed E-state index contributed by atoms with van der Waals surface area (Å²) >= 11 is 1.58. The van der Waals surface area contributed by atoms with E-state index in [9.17, 15) is 29.1 Å². The Labute approximate surface area is 439 Å². The molecule has 2 fully saturated rings. The number of anilines is 3. The van der Waals surface area contributed by atoms with Gasteiger partial charge in [0.2, 0.25) is 17.7 Å². The van der Waals surface area contributed by atoms with Crippen LogP contribution in [0, 0.1) is 12.3 Å². The highest BCUT2D eigenvalue weighted by atomic mass is 32.1. The van der Waals surface area contributed by atoms with E-state index in [1.165, 1.54) is 4.90 Å². The lowest BCUT2D eigenvalue weighted by Crippen LogP contribution is -2.57. The second-order valence-corrected chi connectivity index (χ2v) is 22.1. The molecule has 1 unspecified atom stereocenters.